The molecule has 1 saturated carbocycles. The number of carbonyl (C=O) groups is 1. The molecule has 0 radical (unpaired) electrons. The van der Waals surface area contributed by atoms with E-state index < -0.39 is 0 Å². The Morgan fingerprint density at radius 1 is 1.31 bits per heavy atom. The molecule has 0 atom stereocenters. The minimum absolute atomic E-state index is 0.0740. The molecule has 1 aliphatic rings. The summed E-state index contributed by atoms with van der Waals surface area (Å²) in [5.41, 5.74) is 0. The largest absolute Gasteiger partial charge is 0.494 e. The van der Waals surface area contributed by atoms with E-state index in [0.717, 1.165) is 34.0 Å². The fourth-order valence-corrected chi connectivity index (χ4v) is 4.64. The Morgan fingerprint density at radius 2 is 2.14 bits per heavy atom. The summed E-state index contributed by atoms with van der Waals surface area (Å²) in [6, 6.07) is 8.27. The number of rotatable bonds is 11. The van der Waals surface area contributed by atoms with Gasteiger partial charge in [0.1, 0.15) is 11.6 Å². The van der Waals surface area contributed by atoms with Gasteiger partial charge < -0.3 is 14.6 Å². The minimum atomic E-state index is 0.0740. The van der Waals surface area contributed by atoms with E-state index in [4.69, 9.17) is 4.74 Å². The van der Waals surface area contributed by atoms with Crippen LogP contribution in [-0.2, 0) is 11.2 Å². The van der Waals surface area contributed by atoms with Crippen LogP contribution in [0.15, 0.2) is 33.9 Å². The highest BCUT2D eigenvalue weighted by Gasteiger charge is 2.23. The summed E-state index contributed by atoms with van der Waals surface area (Å²) >= 11 is 5.08. The zero-order chi connectivity index (χ0) is 20.5. The smallest absolute Gasteiger partial charge is 0.220 e. The van der Waals surface area contributed by atoms with E-state index in [-0.39, 0.29) is 5.91 Å². The van der Waals surface area contributed by atoms with Crippen molar-refractivity contribution in [2.75, 3.05) is 19.4 Å². The van der Waals surface area contributed by atoms with Crippen molar-refractivity contribution in [3.05, 3.63) is 34.6 Å². The summed E-state index contributed by atoms with van der Waals surface area (Å²) in [4.78, 5) is 12.0. The highest BCUT2D eigenvalue weighted by Crippen LogP contribution is 2.33. The first-order valence-electron chi connectivity index (χ1n) is 10.3. The van der Waals surface area contributed by atoms with Gasteiger partial charge in [0.15, 0.2) is 5.16 Å². The Balaban J connectivity index is 1.33. The van der Waals surface area contributed by atoms with Crippen molar-refractivity contribution in [3.8, 4) is 5.75 Å². The predicted molar refractivity (Wildman–Crippen MR) is 120 cm³/mol. The lowest BCUT2D eigenvalue weighted by Gasteiger charge is -2.16. The van der Waals surface area contributed by atoms with Crippen LogP contribution in [0.5, 0.6) is 5.75 Å². The molecule has 29 heavy (non-hydrogen) atoms. The van der Waals surface area contributed by atoms with Gasteiger partial charge in [-0.2, -0.15) is 0 Å². The number of nitrogens with zero attached hydrogens (tertiary/aromatic N) is 3. The Labute approximate surface area is 185 Å². The lowest BCUT2D eigenvalue weighted by molar-refractivity contribution is -0.121. The summed E-state index contributed by atoms with van der Waals surface area (Å²) < 4.78 is 8.98. The van der Waals surface area contributed by atoms with Crippen LogP contribution in [0.25, 0.3) is 0 Å². The van der Waals surface area contributed by atoms with E-state index in [1.54, 1.807) is 11.8 Å². The first-order valence-corrected chi connectivity index (χ1v) is 12.3. The third-order valence-electron chi connectivity index (χ3n) is 5.12. The van der Waals surface area contributed by atoms with Crippen LogP contribution in [0.1, 0.15) is 56.8 Å². The van der Waals surface area contributed by atoms with Crippen molar-refractivity contribution in [2.45, 2.75) is 62.6 Å². The number of nitrogens with one attached hydrogen (secondary N) is 1. The highest BCUT2D eigenvalue weighted by atomic mass is 79.9. The van der Waals surface area contributed by atoms with Crippen LogP contribution < -0.4 is 10.1 Å². The number of hydrogen-bond acceptors (Lipinski definition) is 5. The van der Waals surface area contributed by atoms with E-state index in [9.17, 15) is 4.79 Å². The molecule has 158 valence electrons. The van der Waals surface area contributed by atoms with Crippen molar-refractivity contribution in [3.63, 3.8) is 0 Å². The molecule has 0 saturated heterocycles. The first kappa shape index (κ1) is 22.2. The quantitative estimate of drug-likeness (QED) is 0.369. The molecule has 1 aliphatic carbocycles. The van der Waals surface area contributed by atoms with Gasteiger partial charge in [-0.15, -0.1) is 10.2 Å². The van der Waals surface area contributed by atoms with E-state index in [1.165, 1.54) is 25.7 Å². The molecule has 0 aliphatic heterocycles. The maximum Gasteiger partial charge on any atom is 0.220 e. The van der Waals surface area contributed by atoms with Crippen LogP contribution in [0, 0.1) is 0 Å². The van der Waals surface area contributed by atoms with E-state index >= 15 is 0 Å². The predicted octanol–water partition coefficient (Wildman–Crippen LogP) is 4.79. The third kappa shape index (κ3) is 6.74. The second-order valence-electron chi connectivity index (χ2n) is 7.27. The second kappa shape index (κ2) is 11.6. The fraction of sp³-hybridized carbons (Fsp3) is 0.571. The van der Waals surface area contributed by atoms with Crippen molar-refractivity contribution in [1.29, 1.82) is 0 Å². The number of carbonyl (C=O) groups excluding carboxylic acids is 1. The molecular formula is C21H29BrN4O2S. The molecule has 1 aromatic heterocycles. The van der Waals surface area contributed by atoms with Crippen LogP contribution in [0.3, 0.4) is 0 Å². The molecule has 0 bridgehead atoms. The number of aryl methyl sites for hydroxylation is 1. The van der Waals surface area contributed by atoms with Crippen molar-refractivity contribution < 1.29 is 9.53 Å². The topological polar surface area (TPSA) is 69.0 Å². The molecule has 3 rings (SSSR count). The summed E-state index contributed by atoms with van der Waals surface area (Å²) in [7, 11) is 0. The van der Waals surface area contributed by atoms with Crippen LogP contribution in [-0.4, -0.2) is 40.1 Å². The number of aromatic nitrogens is 3. The molecule has 1 heterocycles. The molecule has 0 spiro atoms. The van der Waals surface area contributed by atoms with Crippen molar-refractivity contribution in [2.24, 2.45) is 0 Å². The zero-order valence-corrected chi connectivity index (χ0v) is 19.3. The number of ether oxygens (including phenoxy) is 1. The van der Waals surface area contributed by atoms with Gasteiger partial charge in [-0.25, -0.2) is 0 Å². The van der Waals surface area contributed by atoms with Crippen LogP contribution in [0.4, 0.5) is 0 Å². The second-order valence-corrected chi connectivity index (χ2v) is 8.96. The normalized spacial score (nSPS) is 14.3. The van der Waals surface area contributed by atoms with Gasteiger partial charge in [0.25, 0.3) is 0 Å². The molecule has 0 unspecified atom stereocenters. The average Bonchev–Trinajstić information content (AvgIpc) is 3.37. The van der Waals surface area contributed by atoms with Gasteiger partial charge in [-0.05, 0) is 50.1 Å². The lowest BCUT2D eigenvalue weighted by atomic mass is 10.2. The Hall–Kier alpha value is -1.54. The van der Waals surface area contributed by atoms with Crippen molar-refractivity contribution >= 4 is 33.6 Å². The molecule has 1 fully saturated rings. The molecule has 6 nitrogen and oxygen atoms in total. The molecular weight excluding hydrogens is 452 g/mol. The monoisotopic (exact) mass is 480 g/mol. The minimum Gasteiger partial charge on any atom is -0.494 e. The van der Waals surface area contributed by atoms with E-state index in [0.29, 0.717) is 32.0 Å². The van der Waals surface area contributed by atoms with E-state index in [2.05, 4.69) is 42.3 Å². The molecule has 1 aromatic carbocycles. The van der Waals surface area contributed by atoms with Crippen LogP contribution >= 0.6 is 27.7 Å². The molecule has 1 N–H and O–H groups in total. The number of hydrogen-bond donors (Lipinski definition) is 1. The molecule has 8 heteroatoms. The van der Waals surface area contributed by atoms with Crippen LogP contribution in [0.2, 0.25) is 0 Å². The molecule has 2 aromatic rings. The fourth-order valence-electron chi connectivity index (χ4n) is 3.69. The Kier molecular flexibility index (Phi) is 8.86. The van der Waals surface area contributed by atoms with Gasteiger partial charge in [-0.1, -0.05) is 46.6 Å². The van der Waals surface area contributed by atoms with Gasteiger partial charge in [-0.3, -0.25) is 4.79 Å². The summed E-state index contributed by atoms with van der Waals surface area (Å²) in [6.45, 7) is 1.20. The Morgan fingerprint density at radius 3 is 2.90 bits per heavy atom. The standard InChI is InChI=1S/C21H29BrN4O2S/c1-29-21-25-24-19(26(21)17-8-2-3-9-17)11-5-13-23-20(27)12-6-14-28-18-10-4-7-16(22)15-18/h4,7,10,15,17H,2-3,5-6,8-9,11-14H2,1H3,(H,23,27). The Bertz CT molecular complexity index is 793. The number of halogens is 1. The summed E-state index contributed by atoms with van der Waals surface area (Å²) in [6.07, 6.45) is 9.97. The highest BCUT2D eigenvalue weighted by molar-refractivity contribution is 9.10. The zero-order valence-electron chi connectivity index (χ0n) is 16.9. The number of amides is 1. The van der Waals surface area contributed by atoms with Crippen molar-refractivity contribution in [1.82, 2.24) is 20.1 Å². The van der Waals surface area contributed by atoms with Gasteiger partial charge in [0.2, 0.25) is 5.91 Å². The summed E-state index contributed by atoms with van der Waals surface area (Å²) in [5, 5.41) is 12.8. The maximum atomic E-state index is 12.0. The lowest BCUT2D eigenvalue weighted by Crippen LogP contribution is -2.25. The van der Waals surface area contributed by atoms with Gasteiger partial charge in [0, 0.05) is 29.9 Å². The first-order chi connectivity index (χ1) is 14.2. The van der Waals surface area contributed by atoms with E-state index in [1.807, 2.05) is 24.3 Å². The number of thioether (sulfide) groups is 1. The van der Waals surface area contributed by atoms with Gasteiger partial charge >= 0.3 is 0 Å². The number of benzene rings is 1. The third-order valence-corrected chi connectivity index (χ3v) is 6.26. The average molecular weight is 481 g/mol. The SMILES string of the molecule is CSc1nnc(CCCNC(=O)CCCOc2cccc(Br)c2)n1C1CCCC1. The maximum absolute atomic E-state index is 12.0. The molecule has 1 amide bonds. The summed E-state index contributed by atoms with van der Waals surface area (Å²) in [5.74, 6) is 1.94. The van der Waals surface area contributed by atoms with Gasteiger partial charge in [0.05, 0.1) is 6.61 Å².